The van der Waals surface area contributed by atoms with Crippen LogP contribution in [0.4, 0.5) is 14.5 Å². The molecule has 26 heavy (non-hydrogen) atoms. The van der Waals surface area contributed by atoms with E-state index < -0.39 is 38.0 Å². The molecule has 1 fully saturated rings. The van der Waals surface area contributed by atoms with Gasteiger partial charge in [0, 0.05) is 18.0 Å². The highest BCUT2D eigenvalue weighted by molar-refractivity contribution is 7.89. The lowest BCUT2D eigenvalue weighted by Crippen LogP contribution is -2.40. The third-order valence-corrected chi connectivity index (χ3v) is 5.74. The molecule has 1 aromatic rings. The molecule has 1 saturated heterocycles. The van der Waals surface area contributed by atoms with Crippen molar-refractivity contribution in [1.82, 2.24) is 10.0 Å². The fourth-order valence-corrected chi connectivity index (χ4v) is 4.30. The molecule has 1 heterocycles. The lowest BCUT2D eigenvalue weighted by Gasteiger charge is -2.21. The van der Waals surface area contributed by atoms with E-state index in [1.165, 1.54) is 0 Å². The molecule has 1 aliphatic rings. The van der Waals surface area contributed by atoms with Gasteiger partial charge in [-0.1, -0.05) is 0 Å². The summed E-state index contributed by atoms with van der Waals surface area (Å²) in [7, 11) is -4.20. The zero-order valence-corrected chi connectivity index (χ0v) is 16.0. The van der Waals surface area contributed by atoms with E-state index in [9.17, 15) is 22.0 Å². The Kier molecular flexibility index (Phi) is 6.36. The van der Waals surface area contributed by atoms with Crippen molar-refractivity contribution < 1.29 is 22.0 Å². The standard InChI is InChI=1S/C17H25F2N3O3S/c1-17(2,3)22-26(24,25)15-9-14(12(18)8-13(15)19)21-16(23)5-4-11-6-7-20-10-11/h8-9,11,20,22H,4-7,10H2,1-3H3,(H,21,23). The fraction of sp³-hybridized carbons (Fsp3) is 0.588. The predicted octanol–water partition coefficient (Wildman–Crippen LogP) is 2.37. The normalized spacial score (nSPS) is 18.1. The third-order valence-electron chi connectivity index (χ3n) is 3.97. The van der Waals surface area contributed by atoms with E-state index in [4.69, 9.17) is 0 Å². The molecule has 0 aromatic heterocycles. The van der Waals surface area contributed by atoms with Gasteiger partial charge in [-0.05, 0) is 58.7 Å². The Morgan fingerprint density at radius 3 is 2.54 bits per heavy atom. The average molecular weight is 389 g/mol. The number of halogens is 2. The van der Waals surface area contributed by atoms with E-state index in [1.807, 2.05) is 0 Å². The molecule has 3 N–H and O–H groups in total. The maximum absolute atomic E-state index is 14.0. The number of carbonyl (C=O) groups is 1. The van der Waals surface area contributed by atoms with Crippen molar-refractivity contribution in [3.8, 4) is 0 Å². The van der Waals surface area contributed by atoms with Gasteiger partial charge in [-0.2, -0.15) is 0 Å². The van der Waals surface area contributed by atoms with Gasteiger partial charge in [-0.3, -0.25) is 4.79 Å². The van der Waals surface area contributed by atoms with Crippen molar-refractivity contribution >= 4 is 21.6 Å². The van der Waals surface area contributed by atoms with Gasteiger partial charge in [0.2, 0.25) is 15.9 Å². The summed E-state index contributed by atoms with van der Waals surface area (Å²) in [5, 5.41) is 5.54. The van der Waals surface area contributed by atoms with Crippen molar-refractivity contribution in [1.29, 1.82) is 0 Å². The molecule has 0 radical (unpaired) electrons. The van der Waals surface area contributed by atoms with Crippen LogP contribution in [0.5, 0.6) is 0 Å². The van der Waals surface area contributed by atoms with Crippen molar-refractivity contribution in [3.63, 3.8) is 0 Å². The topological polar surface area (TPSA) is 87.3 Å². The van der Waals surface area contributed by atoms with E-state index in [-0.39, 0.29) is 12.1 Å². The monoisotopic (exact) mass is 389 g/mol. The van der Waals surface area contributed by atoms with Gasteiger partial charge in [-0.15, -0.1) is 0 Å². The van der Waals surface area contributed by atoms with Gasteiger partial charge in [0.05, 0.1) is 5.69 Å². The molecular weight excluding hydrogens is 364 g/mol. The number of sulfonamides is 1. The Morgan fingerprint density at radius 2 is 1.96 bits per heavy atom. The highest BCUT2D eigenvalue weighted by Crippen LogP contribution is 2.25. The van der Waals surface area contributed by atoms with Gasteiger partial charge < -0.3 is 10.6 Å². The van der Waals surface area contributed by atoms with E-state index >= 15 is 0 Å². The zero-order chi connectivity index (χ0) is 19.5. The van der Waals surface area contributed by atoms with Gasteiger partial charge in [-0.25, -0.2) is 21.9 Å². The number of hydrogen-bond acceptors (Lipinski definition) is 4. The van der Waals surface area contributed by atoms with Gasteiger partial charge in [0.15, 0.2) is 0 Å². The van der Waals surface area contributed by atoms with Crippen molar-refractivity contribution in [2.75, 3.05) is 18.4 Å². The lowest BCUT2D eigenvalue weighted by molar-refractivity contribution is -0.116. The molecule has 1 aromatic carbocycles. The number of rotatable bonds is 6. The van der Waals surface area contributed by atoms with Crippen LogP contribution in [-0.4, -0.2) is 33.0 Å². The summed E-state index contributed by atoms with van der Waals surface area (Å²) in [6.07, 6.45) is 1.82. The number of benzene rings is 1. The second-order valence-electron chi connectivity index (χ2n) is 7.56. The van der Waals surface area contributed by atoms with E-state index in [0.29, 0.717) is 18.4 Å². The first-order chi connectivity index (χ1) is 12.0. The molecule has 1 unspecified atom stereocenters. The van der Waals surface area contributed by atoms with E-state index in [1.54, 1.807) is 20.8 Å². The Hall–Kier alpha value is -1.58. The largest absolute Gasteiger partial charge is 0.324 e. The minimum atomic E-state index is -4.20. The number of nitrogens with one attached hydrogen (secondary N) is 3. The van der Waals surface area contributed by atoms with Crippen LogP contribution >= 0.6 is 0 Å². The summed E-state index contributed by atoms with van der Waals surface area (Å²) in [6.45, 7) is 6.57. The van der Waals surface area contributed by atoms with Crippen LogP contribution in [0.15, 0.2) is 17.0 Å². The predicted molar refractivity (Wildman–Crippen MR) is 95.3 cm³/mol. The first-order valence-corrected chi connectivity index (χ1v) is 10.00. The first kappa shape index (κ1) is 20.7. The second kappa shape index (κ2) is 7.98. The Labute approximate surface area is 152 Å². The second-order valence-corrected chi connectivity index (χ2v) is 9.21. The minimum absolute atomic E-state index is 0.186. The number of hydrogen-bond donors (Lipinski definition) is 3. The number of amides is 1. The van der Waals surface area contributed by atoms with Crippen molar-refractivity contribution in [2.45, 2.75) is 50.5 Å². The van der Waals surface area contributed by atoms with Crippen LogP contribution < -0.4 is 15.4 Å². The van der Waals surface area contributed by atoms with Crippen LogP contribution in [0.25, 0.3) is 0 Å². The Morgan fingerprint density at radius 1 is 1.27 bits per heavy atom. The minimum Gasteiger partial charge on any atom is -0.324 e. The van der Waals surface area contributed by atoms with Gasteiger partial charge in [0.1, 0.15) is 16.5 Å². The smallest absolute Gasteiger partial charge is 0.244 e. The fourth-order valence-electron chi connectivity index (χ4n) is 2.80. The summed E-state index contributed by atoms with van der Waals surface area (Å²) < 4.78 is 54.9. The molecule has 9 heteroatoms. The SMILES string of the molecule is CC(C)(C)NS(=O)(=O)c1cc(NC(=O)CCC2CCNC2)c(F)cc1F. The molecule has 146 valence electrons. The summed E-state index contributed by atoms with van der Waals surface area (Å²) in [6, 6.07) is 1.28. The molecule has 6 nitrogen and oxygen atoms in total. The highest BCUT2D eigenvalue weighted by atomic mass is 32.2. The molecule has 0 spiro atoms. The Bertz CT molecular complexity index is 770. The summed E-state index contributed by atoms with van der Waals surface area (Å²) in [5.41, 5.74) is -1.19. The quantitative estimate of drug-likeness (QED) is 0.697. The van der Waals surface area contributed by atoms with Crippen LogP contribution in [-0.2, 0) is 14.8 Å². The molecule has 0 bridgehead atoms. The van der Waals surface area contributed by atoms with Gasteiger partial charge >= 0.3 is 0 Å². The molecular formula is C17H25F2N3O3S. The number of anilines is 1. The molecule has 0 aliphatic carbocycles. The van der Waals surface area contributed by atoms with Crippen LogP contribution in [0, 0.1) is 17.6 Å². The maximum Gasteiger partial charge on any atom is 0.244 e. The Balaban J connectivity index is 2.15. The van der Waals surface area contributed by atoms with Gasteiger partial charge in [0.25, 0.3) is 0 Å². The zero-order valence-electron chi connectivity index (χ0n) is 15.2. The first-order valence-electron chi connectivity index (χ1n) is 8.51. The molecule has 1 aliphatic heterocycles. The van der Waals surface area contributed by atoms with E-state index in [0.717, 1.165) is 25.6 Å². The highest BCUT2D eigenvalue weighted by Gasteiger charge is 2.27. The summed E-state index contributed by atoms with van der Waals surface area (Å²) >= 11 is 0. The van der Waals surface area contributed by atoms with Crippen LogP contribution in [0.1, 0.15) is 40.0 Å². The molecule has 1 amide bonds. The third kappa shape index (κ3) is 5.72. The lowest BCUT2D eigenvalue weighted by atomic mass is 10.0. The van der Waals surface area contributed by atoms with E-state index in [2.05, 4.69) is 15.4 Å². The maximum atomic E-state index is 14.0. The molecule has 0 saturated carbocycles. The summed E-state index contributed by atoms with van der Waals surface area (Å²) in [5.74, 6) is -2.28. The van der Waals surface area contributed by atoms with Crippen molar-refractivity contribution in [2.24, 2.45) is 5.92 Å². The summed E-state index contributed by atoms with van der Waals surface area (Å²) in [4.78, 5) is 11.3. The van der Waals surface area contributed by atoms with Crippen LogP contribution in [0.3, 0.4) is 0 Å². The molecule has 1 atom stereocenters. The average Bonchev–Trinajstić information content (AvgIpc) is 2.98. The van der Waals surface area contributed by atoms with Crippen molar-refractivity contribution in [3.05, 3.63) is 23.8 Å². The molecule has 2 rings (SSSR count). The number of carbonyl (C=O) groups excluding carboxylic acids is 1. The van der Waals surface area contributed by atoms with Crippen LogP contribution in [0.2, 0.25) is 0 Å².